The maximum Gasteiger partial charge on any atom is 0.165 e. The van der Waals surface area contributed by atoms with Gasteiger partial charge in [-0.3, -0.25) is 0 Å². The lowest BCUT2D eigenvalue weighted by Crippen LogP contribution is -2.47. The lowest BCUT2D eigenvalue weighted by molar-refractivity contribution is -0.165. The van der Waals surface area contributed by atoms with Gasteiger partial charge < -0.3 is 14.6 Å². The Balaban J connectivity index is 1.97. The molecule has 1 unspecified atom stereocenters. The number of hydrogen-bond acceptors (Lipinski definition) is 5. The van der Waals surface area contributed by atoms with Crippen molar-refractivity contribution in [1.29, 1.82) is 0 Å². The van der Waals surface area contributed by atoms with Crippen LogP contribution in [-0.4, -0.2) is 49.1 Å². The van der Waals surface area contributed by atoms with Crippen LogP contribution in [0.3, 0.4) is 0 Å². The Morgan fingerprint density at radius 2 is 2.05 bits per heavy atom. The second-order valence-electron chi connectivity index (χ2n) is 6.21. The normalized spacial score (nSPS) is 27.2. The first kappa shape index (κ1) is 15.2. The molecule has 1 atom stereocenters. The molecule has 0 bridgehead atoms. The van der Waals surface area contributed by atoms with E-state index >= 15 is 0 Å². The molecule has 2 rings (SSSR count). The highest BCUT2D eigenvalue weighted by Gasteiger charge is 2.59. The molecule has 1 aliphatic heterocycles. The second kappa shape index (κ2) is 5.31. The molecule has 0 aromatic carbocycles. The van der Waals surface area contributed by atoms with Crippen LogP contribution in [-0.2, 0) is 19.3 Å². The first-order valence-corrected chi connectivity index (χ1v) is 8.41. The average molecular weight is 292 g/mol. The fraction of sp³-hybridized carbons (Fsp3) is 1.00. The molecule has 19 heavy (non-hydrogen) atoms. The Kier molecular flexibility index (Phi) is 4.26. The van der Waals surface area contributed by atoms with Gasteiger partial charge in [0.2, 0.25) is 0 Å². The Morgan fingerprint density at radius 1 is 1.37 bits per heavy atom. The van der Waals surface area contributed by atoms with Gasteiger partial charge in [-0.05, 0) is 46.0 Å². The highest BCUT2D eigenvalue weighted by Crippen LogP contribution is 2.47. The summed E-state index contributed by atoms with van der Waals surface area (Å²) in [5.41, 5.74) is 0. The van der Waals surface area contributed by atoms with Crippen molar-refractivity contribution in [3.8, 4) is 0 Å². The largest absolute Gasteiger partial charge is 0.395 e. The van der Waals surface area contributed by atoms with Crippen LogP contribution in [0.4, 0.5) is 0 Å². The van der Waals surface area contributed by atoms with Crippen molar-refractivity contribution in [2.45, 2.75) is 61.7 Å². The molecule has 1 aliphatic carbocycles. The van der Waals surface area contributed by atoms with Crippen LogP contribution in [0.15, 0.2) is 0 Å². The predicted octanol–water partition coefficient (Wildman–Crippen LogP) is 1.25. The fourth-order valence-corrected chi connectivity index (χ4v) is 4.66. The molecule has 0 spiro atoms. The summed E-state index contributed by atoms with van der Waals surface area (Å²) in [6.07, 6.45) is 3.73. The highest BCUT2D eigenvalue weighted by atomic mass is 32.2. The molecule has 0 radical (unpaired) electrons. The van der Waals surface area contributed by atoms with Gasteiger partial charge in [0.25, 0.3) is 0 Å². The van der Waals surface area contributed by atoms with Gasteiger partial charge in [0, 0.05) is 6.61 Å². The minimum absolute atomic E-state index is 0.113. The van der Waals surface area contributed by atoms with Gasteiger partial charge in [0.15, 0.2) is 16.1 Å². The SMILES string of the molecule is CC(C)(COC1CCCCO1)S(=O)(=O)C1(CO)CC1. The maximum absolute atomic E-state index is 12.6. The summed E-state index contributed by atoms with van der Waals surface area (Å²) in [5.74, 6) is 0. The monoisotopic (exact) mass is 292 g/mol. The summed E-state index contributed by atoms with van der Waals surface area (Å²) in [5, 5.41) is 9.33. The molecule has 2 aliphatic rings. The summed E-state index contributed by atoms with van der Waals surface area (Å²) in [7, 11) is -3.41. The molecule has 0 aromatic rings. The molecule has 5 nitrogen and oxygen atoms in total. The molecule has 2 fully saturated rings. The van der Waals surface area contributed by atoms with Crippen LogP contribution < -0.4 is 0 Å². The quantitative estimate of drug-likeness (QED) is 0.797. The van der Waals surface area contributed by atoms with E-state index in [1.54, 1.807) is 13.8 Å². The average Bonchev–Trinajstić information content (AvgIpc) is 3.19. The number of hydrogen-bond donors (Lipinski definition) is 1. The van der Waals surface area contributed by atoms with Crippen molar-refractivity contribution < 1.29 is 23.0 Å². The zero-order valence-corrected chi connectivity index (χ0v) is 12.5. The van der Waals surface area contributed by atoms with Crippen LogP contribution >= 0.6 is 0 Å². The number of aliphatic hydroxyl groups excluding tert-OH is 1. The molecular weight excluding hydrogens is 268 g/mol. The van der Waals surface area contributed by atoms with Crippen molar-refractivity contribution in [2.24, 2.45) is 0 Å². The third-order valence-electron chi connectivity index (χ3n) is 4.15. The Hall–Kier alpha value is -0.170. The standard InChI is InChI=1S/C13H24O5S/c1-12(2,10-18-11-5-3-4-8-17-11)19(15,16)13(9-14)6-7-13/h11,14H,3-10H2,1-2H3. The third-order valence-corrected chi connectivity index (χ3v) is 7.40. The van der Waals surface area contributed by atoms with Crippen LogP contribution in [0.1, 0.15) is 46.0 Å². The van der Waals surface area contributed by atoms with Crippen LogP contribution in [0.5, 0.6) is 0 Å². The van der Waals surface area contributed by atoms with E-state index in [0.717, 1.165) is 19.3 Å². The zero-order chi connectivity index (χ0) is 14.1. The Bertz CT molecular complexity index is 405. The molecule has 112 valence electrons. The zero-order valence-electron chi connectivity index (χ0n) is 11.7. The smallest absolute Gasteiger partial charge is 0.165 e. The van der Waals surface area contributed by atoms with Gasteiger partial charge >= 0.3 is 0 Å². The van der Waals surface area contributed by atoms with E-state index in [0.29, 0.717) is 19.4 Å². The third kappa shape index (κ3) is 2.82. The van der Waals surface area contributed by atoms with Gasteiger partial charge in [0.05, 0.1) is 22.7 Å². The van der Waals surface area contributed by atoms with Gasteiger partial charge in [-0.25, -0.2) is 8.42 Å². The van der Waals surface area contributed by atoms with Crippen molar-refractivity contribution in [2.75, 3.05) is 19.8 Å². The Labute approximate surface area is 115 Å². The molecule has 1 N–H and O–H groups in total. The van der Waals surface area contributed by atoms with E-state index in [4.69, 9.17) is 9.47 Å². The maximum atomic E-state index is 12.6. The van der Waals surface area contributed by atoms with Crippen LogP contribution in [0.2, 0.25) is 0 Å². The summed E-state index contributed by atoms with van der Waals surface area (Å²) in [6, 6.07) is 0. The van der Waals surface area contributed by atoms with Crippen molar-refractivity contribution >= 4 is 9.84 Å². The van der Waals surface area contributed by atoms with E-state index in [9.17, 15) is 13.5 Å². The molecule has 1 heterocycles. The first-order chi connectivity index (χ1) is 8.85. The molecule has 0 amide bonds. The lowest BCUT2D eigenvalue weighted by Gasteiger charge is -2.32. The van der Waals surface area contributed by atoms with Gasteiger partial charge in [-0.2, -0.15) is 0 Å². The minimum atomic E-state index is -3.41. The van der Waals surface area contributed by atoms with E-state index in [1.807, 2.05) is 0 Å². The minimum Gasteiger partial charge on any atom is -0.395 e. The molecule has 1 saturated heterocycles. The predicted molar refractivity (Wildman–Crippen MR) is 71.6 cm³/mol. The van der Waals surface area contributed by atoms with Crippen LogP contribution in [0, 0.1) is 0 Å². The summed E-state index contributed by atoms with van der Waals surface area (Å²) in [4.78, 5) is 0. The molecule has 1 saturated carbocycles. The lowest BCUT2D eigenvalue weighted by atomic mass is 10.2. The van der Waals surface area contributed by atoms with Gasteiger partial charge in [-0.15, -0.1) is 0 Å². The number of sulfone groups is 1. The van der Waals surface area contributed by atoms with Gasteiger partial charge in [-0.1, -0.05) is 0 Å². The highest BCUT2D eigenvalue weighted by molar-refractivity contribution is 7.94. The van der Waals surface area contributed by atoms with E-state index in [2.05, 4.69) is 0 Å². The van der Waals surface area contributed by atoms with Crippen molar-refractivity contribution in [3.05, 3.63) is 0 Å². The number of aliphatic hydroxyl groups is 1. The van der Waals surface area contributed by atoms with Crippen LogP contribution in [0.25, 0.3) is 0 Å². The van der Waals surface area contributed by atoms with Crippen molar-refractivity contribution in [1.82, 2.24) is 0 Å². The first-order valence-electron chi connectivity index (χ1n) is 6.93. The molecule has 6 heteroatoms. The van der Waals surface area contributed by atoms with E-state index in [1.165, 1.54) is 0 Å². The van der Waals surface area contributed by atoms with E-state index in [-0.39, 0.29) is 19.5 Å². The second-order valence-corrected chi connectivity index (χ2v) is 9.19. The van der Waals surface area contributed by atoms with E-state index < -0.39 is 19.3 Å². The van der Waals surface area contributed by atoms with Gasteiger partial charge in [0.1, 0.15) is 0 Å². The molecular formula is C13H24O5S. The summed E-state index contributed by atoms with van der Waals surface area (Å²) < 4.78 is 34.3. The molecule has 0 aromatic heterocycles. The number of ether oxygens (including phenoxy) is 2. The summed E-state index contributed by atoms with van der Waals surface area (Å²) >= 11 is 0. The fourth-order valence-electron chi connectivity index (χ4n) is 2.45. The topological polar surface area (TPSA) is 72.8 Å². The van der Waals surface area contributed by atoms with Crippen molar-refractivity contribution in [3.63, 3.8) is 0 Å². The Morgan fingerprint density at radius 3 is 2.53 bits per heavy atom. The summed E-state index contributed by atoms with van der Waals surface area (Å²) in [6.45, 7) is 3.83. The number of rotatable bonds is 6.